The fraction of sp³-hybridized carbons (Fsp3) is 0. The minimum atomic E-state index is 0.720. The van der Waals surface area contributed by atoms with E-state index in [9.17, 15) is 0 Å². The zero-order chi connectivity index (χ0) is 16.5. The molecule has 1 nitrogen and oxygen atoms in total. The molecule has 0 bridgehead atoms. The zero-order valence-electron chi connectivity index (χ0n) is 12.7. The van der Waals surface area contributed by atoms with Crippen LogP contribution in [0.1, 0.15) is 0 Å². The number of nitrogens with zero attached hydrogens (tertiary/aromatic N) is 1. The van der Waals surface area contributed by atoms with Gasteiger partial charge < -0.3 is 0 Å². The first kappa shape index (κ1) is 15.4. The number of hydrogen-bond donors (Lipinski definition) is 0. The predicted octanol–water partition coefficient (Wildman–Crippen LogP) is 6.98. The van der Waals surface area contributed by atoms with Crippen LogP contribution in [0.2, 0.25) is 5.02 Å². The topological polar surface area (TPSA) is 12.9 Å². The molecule has 0 atom stereocenters. The maximum absolute atomic E-state index is 6.22. The summed E-state index contributed by atoms with van der Waals surface area (Å²) in [6.45, 7) is 0. The summed E-state index contributed by atoms with van der Waals surface area (Å²) < 4.78 is 1.06. The van der Waals surface area contributed by atoms with Crippen LogP contribution in [0.15, 0.2) is 83.3 Å². The third-order valence-corrected chi connectivity index (χ3v) is 4.76. The van der Waals surface area contributed by atoms with Gasteiger partial charge in [0, 0.05) is 20.4 Å². The maximum Gasteiger partial charge on any atom is 0.0716 e. The Labute approximate surface area is 154 Å². The average molecular weight is 395 g/mol. The second-order valence-electron chi connectivity index (χ2n) is 5.59. The van der Waals surface area contributed by atoms with Crippen molar-refractivity contribution >= 4 is 38.4 Å². The van der Waals surface area contributed by atoms with Crippen LogP contribution >= 0.6 is 27.5 Å². The Kier molecular flexibility index (Phi) is 4.09. The molecule has 24 heavy (non-hydrogen) atoms. The molecular weight excluding hydrogens is 382 g/mol. The highest BCUT2D eigenvalue weighted by Gasteiger charge is 2.10. The number of hydrogen-bond acceptors (Lipinski definition) is 1. The second kappa shape index (κ2) is 6.39. The minimum Gasteiger partial charge on any atom is -0.248 e. The molecule has 0 saturated heterocycles. The lowest BCUT2D eigenvalue weighted by Crippen LogP contribution is -1.90. The zero-order valence-corrected chi connectivity index (χ0v) is 15.1. The summed E-state index contributed by atoms with van der Waals surface area (Å²) in [6.07, 6.45) is 0. The van der Waals surface area contributed by atoms with Gasteiger partial charge in [0.25, 0.3) is 0 Å². The Hall–Kier alpha value is -2.16. The van der Waals surface area contributed by atoms with Crippen LogP contribution in [0.4, 0.5) is 0 Å². The van der Waals surface area contributed by atoms with Gasteiger partial charge in [-0.2, -0.15) is 0 Å². The third-order valence-electron chi connectivity index (χ3n) is 4.00. The Morgan fingerprint density at radius 1 is 0.750 bits per heavy atom. The molecule has 0 radical (unpaired) electrons. The first-order chi connectivity index (χ1) is 11.7. The summed E-state index contributed by atoms with van der Waals surface area (Å²) in [7, 11) is 0. The van der Waals surface area contributed by atoms with Crippen molar-refractivity contribution in [3.8, 4) is 22.4 Å². The molecule has 0 N–H and O–H groups in total. The van der Waals surface area contributed by atoms with Crippen molar-refractivity contribution in [1.29, 1.82) is 0 Å². The van der Waals surface area contributed by atoms with Gasteiger partial charge in [-0.05, 0) is 47.5 Å². The Balaban J connectivity index is 2.00. The van der Waals surface area contributed by atoms with Crippen molar-refractivity contribution in [3.05, 3.63) is 88.4 Å². The Morgan fingerprint density at radius 3 is 2.25 bits per heavy atom. The quantitative estimate of drug-likeness (QED) is 0.357. The molecular formula is C21H13BrClN. The molecule has 0 amide bonds. The van der Waals surface area contributed by atoms with Gasteiger partial charge in [-0.1, -0.05) is 70.0 Å². The molecule has 3 aromatic carbocycles. The Morgan fingerprint density at radius 2 is 1.50 bits per heavy atom. The molecule has 3 heteroatoms. The third kappa shape index (κ3) is 2.95. The van der Waals surface area contributed by atoms with Gasteiger partial charge in [-0.3, -0.25) is 0 Å². The predicted molar refractivity (Wildman–Crippen MR) is 105 cm³/mol. The molecule has 0 aliphatic heterocycles. The number of halogens is 2. The SMILES string of the molecule is Clc1ccc2nc(-c3ccc(Br)cc3)cc(-c3ccccc3)c2c1. The van der Waals surface area contributed by atoms with Crippen molar-refractivity contribution in [2.75, 3.05) is 0 Å². The summed E-state index contributed by atoms with van der Waals surface area (Å²) in [5.41, 5.74) is 5.29. The van der Waals surface area contributed by atoms with Crippen LogP contribution < -0.4 is 0 Å². The largest absolute Gasteiger partial charge is 0.248 e. The van der Waals surface area contributed by atoms with Crippen LogP contribution in [0.25, 0.3) is 33.3 Å². The molecule has 0 spiro atoms. The highest BCUT2D eigenvalue weighted by molar-refractivity contribution is 9.10. The number of fused-ring (bicyclic) bond motifs is 1. The lowest BCUT2D eigenvalue weighted by atomic mass is 9.98. The van der Waals surface area contributed by atoms with E-state index >= 15 is 0 Å². The van der Waals surface area contributed by atoms with Crippen LogP contribution in [0.3, 0.4) is 0 Å². The molecule has 0 unspecified atom stereocenters. The van der Waals surface area contributed by atoms with Crippen LogP contribution in [0, 0.1) is 0 Å². The molecule has 0 fully saturated rings. The van der Waals surface area contributed by atoms with Gasteiger partial charge in [0.15, 0.2) is 0 Å². The molecule has 1 aromatic heterocycles. The van der Waals surface area contributed by atoms with E-state index in [2.05, 4.69) is 46.3 Å². The monoisotopic (exact) mass is 393 g/mol. The van der Waals surface area contributed by atoms with Gasteiger partial charge >= 0.3 is 0 Å². The van der Waals surface area contributed by atoms with Crippen LogP contribution in [-0.4, -0.2) is 4.98 Å². The highest BCUT2D eigenvalue weighted by atomic mass is 79.9. The summed E-state index contributed by atoms with van der Waals surface area (Å²) in [6, 6.07) is 26.5. The molecule has 0 saturated carbocycles. The van der Waals surface area contributed by atoms with E-state index in [0.717, 1.165) is 42.8 Å². The fourth-order valence-electron chi connectivity index (χ4n) is 2.82. The van der Waals surface area contributed by atoms with Gasteiger partial charge in [-0.15, -0.1) is 0 Å². The molecule has 1 heterocycles. The van der Waals surface area contributed by atoms with Crippen molar-refractivity contribution in [2.24, 2.45) is 0 Å². The van der Waals surface area contributed by atoms with Crippen LogP contribution in [0.5, 0.6) is 0 Å². The van der Waals surface area contributed by atoms with E-state index in [1.807, 2.05) is 48.5 Å². The van der Waals surface area contributed by atoms with Gasteiger partial charge in [0.1, 0.15) is 0 Å². The van der Waals surface area contributed by atoms with Crippen molar-refractivity contribution in [2.45, 2.75) is 0 Å². The molecule has 0 aliphatic carbocycles. The molecule has 116 valence electrons. The first-order valence-electron chi connectivity index (χ1n) is 7.62. The number of rotatable bonds is 2. The lowest BCUT2D eigenvalue weighted by Gasteiger charge is -2.11. The smallest absolute Gasteiger partial charge is 0.0716 e. The van der Waals surface area contributed by atoms with Crippen molar-refractivity contribution < 1.29 is 0 Å². The van der Waals surface area contributed by atoms with E-state index in [-0.39, 0.29) is 0 Å². The van der Waals surface area contributed by atoms with Gasteiger partial charge in [-0.25, -0.2) is 4.98 Å². The normalized spacial score (nSPS) is 10.9. The summed E-state index contributed by atoms with van der Waals surface area (Å²) in [4.78, 5) is 4.83. The van der Waals surface area contributed by atoms with E-state index < -0.39 is 0 Å². The lowest BCUT2D eigenvalue weighted by molar-refractivity contribution is 1.39. The second-order valence-corrected chi connectivity index (χ2v) is 6.94. The maximum atomic E-state index is 6.22. The summed E-state index contributed by atoms with van der Waals surface area (Å²) >= 11 is 9.70. The first-order valence-corrected chi connectivity index (χ1v) is 8.79. The van der Waals surface area contributed by atoms with Crippen LogP contribution in [-0.2, 0) is 0 Å². The summed E-state index contributed by atoms with van der Waals surface area (Å²) in [5.74, 6) is 0. The fourth-order valence-corrected chi connectivity index (χ4v) is 3.26. The van der Waals surface area contributed by atoms with Crippen molar-refractivity contribution in [1.82, 2.24) is 4.98 Å². The van der Waals surface area contributed by atoms with Gasteiger partial charge in [0.05, 0.1) is 11.2 Å². The summed E-state index contributed by atoms with van der Waals surface area (Å²) in [5, 5.41) is 1.78. The van der Waals surface area contributed by atoms with E-state index in [0.29, 0.717) is 0 Å². The number of pyridine rings is 1. The average Bonchev–Trinajstić information content (AvgIpc) is 2.62. The minimum absolute atomic E-state index is 0.720. The highest BCUT2D eigenvalue weighted by Crippen LogP contribution is 2.33. The molecule has 0 aliphatic rings. The number of aromatic nitrogens is 1. The molecule has 4 aromatic rings. The van der Waals surface area contributed by atoms with Gasteiger partial charge in [0.2, 0.25) is 0 Å². The van der Waals surface area contributed by atoms with Crippen molar-refractivity contribution in [3.63, 3.8) is 0 Å². The van der Waals surface area contributed by atoms with E-state index in [4.69, 9.17) is 16.6 Å². The van der Waals surface area contributed by atoms with E-state index in [1.165, 1.54) is 0 Å². The molecule has 4 rings (SSSR count). The standard InChI is InChI=1S/C21H13BrClN/c22-16-8-6-15(7-9-16)21-13-18(14-4-2-1-3-5-14)19-12-17(23)10-11-20(19)24-21/h1-13H. The van der Waals surface area contributed by atoms with E-state index in [1.54, 1.807) is 0 Å². The Bertz CT molecular complexity index is 1010. The number of benzene rings is 3.